The lowest BCUT2D eigenvalue weighted by Crippen LogP contribution is -2.27. The van der Waals surface area contributed by atoms with Crippen molar-refractivity contribution < 1.29 is 23.1 Å². The number of halogens is 3. The number of benzene rings is 1. The first-order chi connectivity index (χ1) is 16.8. The first kappa shape index (κ1) is 23.3. The van der Waals surface area contributed by atoms with Crippen LogP contribution in [-0.2, 0) is 25.4 Å². The monoisotopic (exact) mass is 486 g/mol. The fourth-order valence-corrected chi connectivity index (χ4v) is 5.10. The molecule has 1 aliphatic carbocycles. The van der Waals surface area contributed by atoms with Crippen LogP contribution in [-0.4, -0.2) is 56.0 Å². The van der Waals surface area contributed by atoms with Gasteiger partial charge in [-0.25, -0.2) is 4.98 Å². The number of Topliss-reactive ketones (excluding diaryl/α,β-unsaturated/α-hetero) is 1. The van der Waals surface area contributed by atoms with Crippen molar-refractivity contribution in [1.82, 2.24) is 25.4 Å². The molecule has 0 unspecified atom stereocenters. The summed E-state index contributed by atoms with van der Waals surface area (Å²) in [5, 5.41) is 24.2. The van der Waals surface area contributed by atoms with Crippen molar-refractivity contribution in [1.29, 1.82) is 0 Å². The molecule has 1 aliphatic rings. The van der Waals surface area contributed by atoms with Crippen LogP contribution in [0.4, 0.5) is 18.9 Å². The zero-order valence-electron chi connectivity index (χ0n) is 19.2. The number of fused-ring (bicyclic) bond motifs is 5. The van der Waals surface area contributed by atoms with E-state index >= 15 is 0 Å². The van der Waals surface area contributed by atoms with Crippen LogP contribution in [0.15, 0.2) is 18.5 Å². The number of aromatic amines is 2. The van der Waals surface area contributed by atoms with Crippen LogP contribution in [0.5, 0.6) is 0 Å². The van der Waals surface area contributed by atoms with Crippen molar-refractivity contribution >= 4 is 33.3 Å². The Morgan fingerprint density at radius 1 is 1.23 bits per heavy atom. The Hall–Kier alpha value is -3.47. The molecule has 0 atom stereocenters. The van der Waals surface area contributed by atoms with Crippen molar-refractivity contribution in [3.05, 3.63) is 46.5 Å². The van der Waals surface area contributed by atoms with Crippen LogP contribution in [0, 0.1) is 0 Å². The number of aliphatic hydroxyl groups is 1. The van der Waals surface area contributed by atoms with Gasteiger partial charge in [0.2, 0.25) is 0 Å². The van der Waals surface area contributed by atoms with Crippen molar-refractivity contribution in [3.8, 4) is 0 Å². The van der Waals surface area contributed by atoms with Gasteiger partial charge in [0, 0.05) is 42.0 Å². The van der Waals surface area contributed by atoms with E-state index in [-0.39, 0.29) is 17.9 Å². The number of rotatable bonds is 7. The second-order valence-corrected chi connectivity index (χ2v) is 8.74. The average Bonchev–Trinajstić information content (AvgIpc) is 3.50. The Morgan fingerprint density at radius 3 is 2.71 bits per heavy atom. The number of nitrogens with zero attached hydrogens (tertiary/aromatic N) is 4. The lowest BCUT2D eigenvalue weighted by atomic mass is 9.85. The largest absolute Gasteiger partial charge is 0.435 e. The number of anilines is 1. The first-order valence-electron chi connectivity index (χ1n) is 11.6. The molecule has 4 aromatic rings. The van der Waals surface area contributed by atoms with E-state index in [1.54, 1.807) is 6.20 Å². The van der Waals surface area contributed by atoms with Gasteiger partial charge < -0.3 is 10.0 Å². The molecule has 184 valence electrons. The third kappa shape index (κ3) is 4.03. The predicted molar refractivity (Wildman–Crippen MR) is 125 cm³/mol. The number of carbonyl (C=O) groups excluding carboxylic acids is 1. The summed E-state index contributed by atoms with van der Waals surface area (Å²) in [4.78, 5) is 20.2. The van der Waals surface area contributed by atoms with Gasteiger partial charge in [-0.2, -0.15) is 23.4 Å². The number of aromatic nitrogens is 5. The Morgan fingerprint density at radius 2 is 2.00 bits per heavy atom. The molecule has 1 aromatic carbocycles. The Kier molecular flexibility index (Phi) is 5.96. The van der Waals surface area contributed by atoms with Crippen molar-refractivity contribution in [2.24, 2.45) is 0 Å². The van der Waals surface area contributed by atoms with Gasteiger partial charge in [-0.3, -0.25) is 15.0 Å². The number of aryl methyl sites for hydroxylation is 1. The molecule has 0 amide bonds. The number of ketones is 1. The first-order valence-corrected chi connectivity index (χ1v) is 11.6. The molecule has 0 spiro atoms. The number of nitrogens with one attached hydrogen (secondary N) is 2. The zero-order chi connectivity index (χ0) is 24.7. The van der Waals surface area contributed by atoms with E-state index in [4.69, 9.17) is 4.98 Å². The number of alkyl halides is 3. The molecule has 5 rings (SSSR count). The number of H-pyrrole nitrogens is 2. The molecule has 0 aliphatic heterocycles. The second-order valence-electron chi connectivity index (χ2n) is 8.74. The van der Waals surface area contributed by atoms with Crippen LogP contribution in [0.25, 0.3) is 21.8 Å². The van der Waals surface area contributed by atoms with Gasteiger partial charge in [0.05, 0.1) is 29.5 Å². The third-order valence-electron chi connectivity index (χ3n) is 6.67. The lowest BCUT2D eigenvalue weighted by Gasteiger charge is -2.27. The van der Waals surface area contributed by atoms with Crippen LogP contribution in [0.1, 0.15) is 52.6 Å². The fraction of sp³-hybridized carbons (Fsp3) is 0.417. The molecular formula is C24H25F3N6O2. The van der Waals surface area contributed by atoms with Crippen LogP contribution < -0.4 is 4.90 Å². The average molecular weight is 486 g/mol. The van der Waals surface area contributed by atoms with Crippen molar-refractivity contribution in [3.63, 3.8) is 0 Å². The Balaban J connectivity index is 1.72. The summed E-state index contributed by atoms with van der Waals surface area (Å²) in [6.45, 7) is 2.87. The maximum atomic E-state index is 13.5. The second kappa shape index (κ2) is 8.95. The van der Waals surface area contributed by atoms with Gasteiger partial charge in [-0.05, 0) is 49.8 Å². The van der Waals surface area contributed by atoms with E-state index in [9.17, 15) is 23.1 Å². The smallest absolute Gasteiger partial charge is 0.395 e. The quantitative estimate of drug-likeness (QED) is 0.341. The minimum absolute atomic E-state index is 0.0617. The van der Waals surface area contributed by atoms with Gasteiger partial charge in [0.15, 0.2) is 11.5 Å². The number of pyridine rings is 1. The van der Waals surface area contributed by atoms with Gasteiger partial charge in [-0.15, -0.1) is 0 Å². The summed E-state index contributed by atoms with van der Waals surface area (Å²) < 4.78 is 40.0. The maximum absolute atomic E-state index is 13.5. The van der Waals surface area contributed by atoms with Crippen LogP contribution >= 0.6 is 0 Å². The molecular weight excluding hydrogens is 461 g/mol. The highest BCUT2D eigenvalue weighted by molar-refractivity contribution is 6.14. The van der Waals surface area contributed by atoms with Crippen LogP contribution in [0.3, 0.4) is 0 Å². The topological polar surface area (TPSA) is 111 Å². The number of hydrogen-bond acceptors (Lipinski definition) is 6. The van der Waals surface area contributed by atoms with Gasteiger partial charge in [0.25, 0.3) is 0 Å². The molecule has 35 heavy (non-hydrogen) atoms. The van der Waals surface area contributed by atoms with Crippen molar-refractivity contribution in [2.45, 2.75) is 45.2 Å². The summed E-state index contributed by atoms with van der Waals surface area (Å²) in [5.41, 5.74) is 2.90. The molecule has 11 heteroatoms. The number of likely N-dealkylation sites (N-methyl/N-ethyl adjacent to an activating group) is 1. The zero-order valence-corrected chi connectivity index (χ0v) is 19.2. The van der Waals surface area contributed by atoms with E-state index in [2.05, 4.69) is 20.4 Å². The summed E-state index contributed by atoms with van der Waals surface area (Å²) in [6.07, 6.45) is 0.943. The molecule has 3 aromatic heterocycles. The van der Waals surface area contributed by atoms with E-state index in [1.165, 1.54) is 0 Å². The normalized spacial score (nSPS) is 14.0. The fourth-order valence-electron chi connectivity index (χ4n) is 5.10. The highest BCUT2D eigenvalue weighted by atomic mass is 19.4. The highest BCUT2D eigenvalue weighted by Gasteiger charge is 2.37. The van der Waals surface area contributed by atoms with E-state index in [0.29, 0.717) is 25.0 Å². The molecule has 3 heterocycles. The molecule has 0 bridgehead atoms. The molecule has 0 radical (unpaired) electrons. The SMILES string of the molecule is CCN(CCO)c1cc2[nH]ncc2c2c3c(c(C(=O)Cc4c[nH]nc4C(F)(F)F)nc12)CCCC3. The van der Waals surface area contributed by atoms with Gasteiger partial charge in [0.1, 0.15) is 5.69 Å². The van der Waals surface area contributed by atoms with Crippen LogP contribution in [0.2, 0.25) is 0 Å². The molecule has 0 fully saturated rings. The maximum Gasteiger partial charge on any atom is 0.435 e. The molecule has 0 saturated heterocycles. The summed E-state index contributed by atoms with van der Waals surface area (Å²) in [6, 6.07) is 1.90. The predicted octanol–water partition coefficient (Wildman–Crippen LogP) is 3.98. The highest BCUT2D eigenvalue weighted by Crippen LogP contribution is 2.39. The lowest BCUT2D eigenvalue weighted by molar-refractivity contribution is -0.141. The summed E-state index contributed by atoms with van der Waals surface area (Å²) in [7, 11) is 0. The van der Waals surface area contributed by atoms with Gasteiger partial charge >= 0.3 is 6.18 Å². The minimum Gasteiger partial charge on any atom is -0.395 e. The summed E-state index contributed by atoms with van der Waals surface area (Å²) in [5.74, 6) is -0.472. The number of carbonyl (C=O) groups is 1. The summed E-state index contributed by atoms with van der Waals surface area (Å²) >= 11 is 0. The number of hydrogen-bond donors (Lipinski definition) is 3. The third-order valence-corrected chi connectivity index (χ3v) is 6.67. The van der Waals surface area contributed by atoms with Gasteiger partial charge in [-0.1, -0.05) is 0 Å². The Bertz CT molecular complexity index is 1410. The van der Waals surface area contributed by atoms with E-state index < -0.39 is 24.1 Å². The molecule has 3 N–H and O–H groups in total. The van der Waals surface area contributed by atoms with E-state index in [0.717, 1.165) is 58.6 Å². The standard InChI is InChI=1S/C24H25F3N6O2/c1-2-33(7-8-34)18-10-17-16(12-29-31-17)20-14-5-3-4-6-15(14)21(30-22(18)20)19(35)9-13-11-28-32-23(13)24(25,26)27/h10-12,34H,2-9H2,1H3,(H,28,32)(H,29,31). The van der Waals surface area contributed by atoms with E-state index in [1.807, 2.05) is 17.9 Å². The minimum atomic E-state index is -4.65. The number of aliphatic hydroxyl groups excluding tert-OH is 1. The molecule has 0 saturated carbocycles. The molecule has 8 nitrogen and oxygen atoms in total. The Labute approximate surface area is 198 Å². The van der Waals surface area contributed by atoms with Crippen molar-refractivity contribution in [2.75, 3.05) is 24.6 Å².